The van der Waals surface area contributed by atoms with Crippen molar-refractivity contribution < 1.29 is 4.74 Å². The van der Waals surface area contributed by atoms with Gasteiger partial charge in [0.05, 0.1) is 12.7 Å². The molecule has 0 bridgehead atoms. The van der Waals surface area contributed by atoms with Crippen LogP contribution in [0.3, 0.4) is 0 Å². The second kappa shape index (κ2) is 7.43. The molecule has 0 saturated heterocycles. The largest absolute Gasteiger partial charge is 0.376 e. The Balaban J connectivity index is 1.88. The molecule has 1 saturated carbocycles. The molecular formula is C15H26N4O. The van der Waals surface area contributed by atoms with E-state index in [0.717, 1.165) is 30.4 Å². The number of anilines is 2. The third-order valence-electron chi connectivity index (χ3n) is 3.75. The minimum atomic E-state index is 0.372. The van der Waals surface area contributed by atoms with Crippen molar-refractivity contribution in [2.24, 2.45) is 0 Å². The van der Waals surface area contributed by atoms with Crippen molar-refractivity contribution >= 4 is 11.6 Å². The predicted molar refractivity (Wildman–Crippen MR) is 82.4 cm³/mol. The number of nitrogens with zero attached hydrogens (tertiary/aromatic N) is 2. The van der Waals surface area contributed by atoms with Crippen molar-refractivity contribution in [1.29, 1.82) is 0 Å². The van der Waals surface area contributed by atoms with E-state index in [2.05, 4.69) is 34.4 Å². The van der Waals surface area contributed by atoms with Gasteiger partial charge in [-0.15, -0.1) is 0 Å². The molecule has 2 N–H and O–H groups in total. The number of rotatable bonds is 7. The monoisotopic (exact) mass is 278 g/mol. The highest BCUT2D eigenvalue weighted by Gasteiger charge is 2.16. The number of nitrogens with one attached hydrogen (secondary N) is 2. The lowest BCUT2D eigenvalue weighted by atomic mass is 10.0. The summed E-state index contributed by atoms with van der Waals surface area (Å²) < 4.78 is 5.86. The maximum absolute atomic E-state index is 5.86. The van der Waals surface area contributed by atoms with Crippen molar-refractivity contribution in [2.75, 3.05) is 30.8 Å². The summed E-state index contributed by atoms with van der Waals surface area (Å²) in [6.45, 7) is 5.83. The lowest BCUT2D eigenvalue weighted by Gasteiger charge is -2.17. The van der Waals surface area contributed by atoms with Crippen molar-refractivity contribution in [1.82, 2.24) is 9.97 Å². The molecule has 2 rings (SSSR count). The highest BCUT2D eigenvalue weighted by atomic mass is 16.5. The van der Waals surface area contributed by atoms with Gasteiger partial charge in [-0.05, 0) is 18.8 Å². The van der Waals surface area contributed by atoms with Crippen LogP contribution in [0.15, 0.2) is 6.33 Å². The number of hydrogen-bond acceptors (Lipinski definition) is 5. The van der Waals surface area contributed by atoms with E-state index in [-0.39, 0.29) is 0 Å². The van der Waals surface area contributed by atoms with Crippen LogP contribution in [-0.2, 0) is 4.74 Å². The van der Waals surface area contributed by atoms with Crippen LogP contribution in [0.2, 0.25) is 0 Å². The fourth-order valence-electron chi connectivity index (χ4n) is 2.73. The van der Waals surface area contributed by atoms with Crippen molar-refractivity contribution in [2.45, 2.75) is 51.6 Å². The number of hydrogen-bond donors (Lipinski definition) is 2. The lowest BCUT2D eigenvalue weighted by Crippen LogP contribution is -2.17. The Hall–Kier alpha value is -1.36. The second-order valence-corrected chi connectivity index (χ2v) is 5.59. The first-order chi connectivity index (χ1) is 9.72. The molecule has 1 fully saturated rings. The average Bonchev–Trinajstić information content (AvgIpc) is 2.96. The summed E-state index contributed by atoms with van der Waals surface area (Å²) in [6, 6.07) is 0. The zero-order valence-electron chi connectivity index (χ0n) is 12.8. The zero-order valence-corrected chi connectivity index (χ0v) is 12.8. The normalized spacial score (nSPS) is 15.8. The molecule has 0 atom stereocenters. The quantitative estimate of drug-likeness (QED) is 0.751. The maximum Gasteiger partial charge on any atom is 0.135 e. The molecule has 20 heavy (non-hydrogen) atoms. The summed E-state index contributed by atoms with van der Waals surface area (Å²) in [5.74, 6) is 2.18. The van der Waals surface area contributed by atoms with E-state index in [1.807, 2.05) is 7.05 Å². The predicted octanol–water partition coefficient (Wildman–Crippen LogP) is 3.01. The van der Waals surface area contributed by atoms with Crippen LogP contribution in [0.1, 0.15) is 51.0 Å². The first kappa shape index (κ1) is 15.0. The van der Waals surface area contributed by atoms with Crippen LogP contribution in [0.25, 0.3) is 0 Å². The second-order valence-electron chi connectivity index (χ2n) is 5.59. The number of aromatic nitrogens is 2. The van der Waals surface area contributed by atoms with Gasteiger partial charge in [-0.1, -0.05) is 26.7 Å². The maximum atomic E-state index is 5.86. The molecule has 1 heterocycles. The van der Waals surface area contributed by atoms with E-state index >= 15 is 0 Å². The Bertz CT molecular complexity index is 416. The Morgan fingerprint density at radius 1 is 1.25 bits per heavy atom. The SMILES string of the molecule is CNc1ncnc(NCCOC2CCCC2)c1C(C)C. The van der Waals surface area contributed by atoms with Gasteiger partial charge in [-0.3, -0.25) is 0 Å². The summed E-state index contributed by atoms with van der Waals surface area (Å²) in [5, 5.41) is 6.51. The standard InChI is InChI=1S/C15H26N4O/c1-11(2)13-14(16-3)18-10-19-15(13)17-8-9-20-12-6-4-5-7-12/h10-12H,4-9H2,1-3H3,(H2,16,17,18,19). The molecule has 0 radical (unpaired) electrons. The van der Waals surface area contributed by atoms with Crippen LogP contribution >= 0.6 is 0 Å². The third-order valence-corrected chi connectivity index (χ3v) is 3.75. The Kier molecular flexibility index (Phi) is 5.59. The van der Waals surface area contributed by atoms with E-state index < -0.39 is 0 Å². The summed E-state index contributed by atoms with van der Waals surface area (Å²) in [7, 11) is 1.89. The Morgan fingerprint density at radius 3 is 2.60 bits per heavy atom. The molecule has 112 valence electrons. The van der Waals surface area contributed by atoms with Crippen molar-refractivity contribution in [3.63, 3.8) is 0 Å². The molecule has 0 aliphatic heterocycles. The average molecular weight is 278 g/mol. The van der Waals surface area contributed by atoms with E-state index in [9.17, 15) is 0 Å². The summed E-state index contributed by atoms with van der Waals surface area (Å²) in [5.41, 5.74) is 1.14. The molecule has 0 unspecified atom stereocenters. The molecule has 0 aromatic carbocycles. The van der Waals surface area contributed by atoms with Gasteiger partial charge in [-0.25, -0.2) is 9.97 Å². The first-order valence-electron chi connectivity index (χ1n) is 7.60. The molecule has 5 nitrogen and oxygen atoms in total. The molecular weight excluding hydrogens is 252 g/mol. The first-order valence-corrected chi connectivity index (χ1v) is 7.60. The van der Waals surface area contributed by atoms with E-state index in [4.69, 9.17) is 4.74 Å². The van der Waals surface area contributed by atoms with Gasteiger partial charge in [0.2, 0.25) is 0 Å². The number of ether oxygens (including phenoxy) is 1. The minimum Gasteiger partial charge on any atom is -0.376 e. The van der Waals surface area contributed by atoms with Crippen molar-refractivity contribution in [3.8, 4) is 0 Å². The summed E-state index contributed by atoms with van der Waals surface area (Å²) in [6.07, 6.45) is 7.13. The molecule has 0 spiro atoms. The fourth-order valence-corrected chi connectivity index (χ4v) is 2.73. The fraction of sp³-hybridized carbons (Fsp3) is 0.733. The zero-order chi connectivity index (χ0) is 14.4. The molecule has 1 aromatic rings. The molecule has 5 heteroatoms. The Morgan fingerprint density at radius 2 is 1.95 bits per heavy atom. The smallest absolute Gasteiger partial charge is 0.135 e. The van der Waals surface area contributed by atoms with Crippen LogP contribution in [-0.4, -0.2) is 36.3 Å². The van der Waals surface area contributed by atoms with Gasteiger partial charge in [0.25, 0.3) is 0 Å². The van der Waals surface area contributed by atoms with E-state index in [1.54, 1.807) is 6.33 Å². The minimum absolute atomic E-state index is 0.372. The highest BCUT2D eigenvalue weighted by Crippen LogP contribution is 2.27. The van der Waals surface area contributed by atoms with Gasteiger partial charge in [0.1, 0.15) is 18.0 Å². The highest BCUT2D eigenvalue weighted by molar-refractivity contribution is 5.58. The molecule has 1 aromatic heterocycles. The van der Waals surface area contributed by atoms with Crippen LogP contribution in [0, 0.1) is 0 Å². The van der Waals surface area contributed by atoms with E-state index in [0.29, 0.717) is 12.0 Å². The van der Waals surface area contributed by atoms with Crippen LogP contribution in [0.4, 0.5) is 11.6 Å². The summed E-state index contributed by atoms with van der Waals surface area (Å²) >= 11 is 0. The third kappa shape index (κ3) is 3.82. The van der Waals surface area contributed by atoms with Gasteiger partial charge in [0.15, 0.2) is 0 Å². The van der Waals surface area contributed by atoms with Crippen LogP contribution in [0.5, 0.6) is 0 Å². The van der Waals surface area contributed by atoms with Crippen molar-refractivity contribution in [3.05, 3.63) is 11.9 Å². The van der Waals surface area contributed by atoms with E-state index in [1.165, 1.54) is 25.7 Å². The summed E-state index contributed by atoms with van der Waals surface area (Å²) in [4.78, 5) is 8.64. The Labute approximate surface area is 121 Å². The van der Waals surface area contributed by atoms with Gasteiger partial charge >= 0.3 is 0 Å². The molecule has 0 amide bonds. The topological polar surface area (TPSA) is 59.1 Å². The molecule has 1 aliphatic carbocycles. The van der Waals surface area contributed by atoms with Crippen LogP contribution < -0.4 is 10.6 Å². The van der Waals surface area contributed by atoms with Gasteiger partial charge < -0.3 is 15.4 Å². The molecule has 1 aliphatic rings. The van der Waals surface area contributed by atoms with Gasteiger partial charge in [-0.2, -0.15) is 0 Å². The lowest BCUT2D eigenvalue weighted by molar-refractivity contribution is 0.0658. The van der Waals surface area contributed by atoms with Gasteiger partial charge in [0, 0.05) is 19.2 Å².